The topological polar surface area (TPSA) is 15.6 Å². The molecule has 0 amide bonds. The van der Waals surface area contributed by atoms with E-state index >= 15 is 0 Å². The van der Waals surface area contributed by atoms with Crippen LogP contribution in [-0.4, -0.2) is 34.4 Å². The Kier molecular flexibility index (Phi) is 2.88. The monoisotopic (exact) mass is 336 g/mol. The van der Waals surface area contributed by atoms with Gasteiger partial charge in [0.15, 0.2) is 0 Å². The van der Waals surface area contributed by atoms with Gasteiger partial charge in [-0.15, -0.1) is 0 Å². The van der Waals surface area contributed by atoms with Crippen LogP contribution in [0.15, 0.2) is 17.3 Å². The number of nitrogens with zero attached hydrogens (tertiary/aromatic N) is 2. The van der Waals surface area contributed by atoms with Crippen molar-refractivity contribution in [2.24, 2.45) is 22.9 Å². The van der Waals surface area contributed by atoms with Crippen molar-refractivity contribution in [1.82, 2.24) is 5.01 Å². The highest BCUT2D eigenvalue weighted by Gasteiger charge is 2.80. The number of hydrogen-bond acceptors (Lipinski definition) is 2. The van der Waals surface area contributed by atoms with Crippen LogP contribution in [0.2, 0.25) is 0 Å². The maximum atomic E-state index is 14.5. The normalized spacial score (nSPS) is 42.3. The number of halogens is 8. The summed E-state index contributed by atoms with van der Waals surface area (Å²) in [6, 6.07) is -1.04. The predicted octanol–water partition coefficient (Wildman–Crippen LogP) is 3.84. The highest BCUT2D eigenvalue weighted by molar-refractivity contribution is 6.66. The minimum atomic E-state index is -5.35. The van der Waals surface area contributed by atoms with Gasteiger partial charge >= 0.3 is 12.4 Å². The molecule has 21 heavy (non-hydrogen) atoms. The van der Waals surface area contributed by atoms with Gasteiger partial charge in [-0.1, -0.05) is 23.8 Å². The van der Waals surface area contributed by atoms with E-state index in [1.165, 1.54) is 6.08 Å². The smallest absolute Gasteiger partial charge is 0.247 e. The Hall–Kier alpha value is -0.990. The van der Waals surface area contributed by atoms with Gasteiger partial charge in [-0.05, 0) is 12.3 Å². The lowest BCUT2D eigenvalue weighted by atomic mass is 9.72. The number of hydrogen-bond donors (Lipinski definition) is 0. The molecule has 2 fully saturated rings. The second-order valence-electron chi connectivity index (χ2n) is 5.37. The lowest BCUT2D eigenvalue weighted by molar-refractivity contribution is -0.369. The molecular formula is C11H8ClF7N2. The van der Waals surface area contributed by atoms with Gasteiger partial charge in [0.25, 0.3) is 5.79 Å². The summed E-state index contributed by atoms with van der Waals surface area (Å²) in [5.41, 5.74) is 0. The molecule has 0 unspecified atom stereocenters. The maximum Gasteiger partial charge on any atom is 0.446 e. The zero-order valence-electron chi connectivity index (χ0n) is 10.1. The molecule has 1 heterocycles. The van der Waals surface area contributed by atoms with E-state index in [0.29, 0.717) is 0 Å². The molecule has 0 aromatic heterocycles. The standard InChI is InChI=1S/C11H8ClF7N2/c12-8(10(14,15)16)20-21-7-5-2-1-4(3-5)6(7)9(21,13)11(17,18)19/h1-2,4-7H,3H2/b20-8-/t4-,5+,6+,7-,9-/m0/s1. The molecule has 0 aromatic carbocycles. The highest BCUT2D eigenvalue weighted by Crippen LogP contribution is 2.65. The van der Waals surface area contributed by atoms with Crippen molar-refractivity contribution in [3.63, 3.8) is 0 Å². The quantitative estimate of drug-likeness (QED) is 0.307. The van der Waals surface area contributed by atoms with Crippen molar-refractivity contribution in [3.05, 3.63) is 12.2 Å². The van der Waals surface area contributed by atoms with Gasteiger partial charge in [-0.25, -0.2) is 9.40 Å². The van der Waals surface area contributed by atoms with Gasteiger partial charge in [0.1, 0.15) is 0 Å². The molecule has 0 aromatic rings. The number of allylic oxidation sites excluding steroid dienone is 1. The van der Waals surface area contributed by atoms with Crippen LogP contribution in [0.1, 0.15) is 6.42 Å². The fourth-order valence-corrected chi connectivity index (χ4v) is 3.62. The first kappa shape index (κ1) is 14.9. The number of alkyl halides is 7. The summed E-state index contributed by atoms with van der Waals surface area (Å²) in [6.07, 6.45) is -7.11. The third-order valence-corrected chi connectivity index (χ3v) is 4.59. The van der Waals surface area contributed by atoms with Crippen LogP contribution in [0.3, 0.4) is 0 Å². The Balaban J connectivity index is 2.00. The summed E-state index contributed by atoms with van der Waals surface area (Å²) in [7, 11) is 0. The van der Waals surface area contributed by atoms with E-state index in [0.717, 1.165) is 0 Å². The zero-order chi connectivity index (χ0) is 15.8. The van der Waals surface area contributed by atoms with E-state index in [1.54, 1.807) is 6.08 Å². The summed E-state index contributed by atoms with van der Waals surface area (Å²) in [4.78, 5) is 0. The van der Waals surface area contributed by atoms with Crippen molar-refractivity contribution in [2.75, 3.05) is 0 Å². The van der Waals surface area contributed by atoms with Crippen LogP contribution in [0.4, 0.5) is 30.7 Å². The van der Waals surface area contributed by atoms with Crippen LogP contribution in [0.25, 0.3) is 0 Å². The van der Waals surface area contributed by atoms with Crippen LogP contribution in [-0.2, 0) is 0 Å². The molecular weight excluding hydrogens is 329 g/mol. The first-order chi connectivity index (χ1) is 9.48. The van der Waals surface area contributed by atoms with Crippen molar-refractivity contribution in [3.8, 4) is 0 Å². The SMILES string of the molecule is FC(F)(F)/C(Cl)=N/N1[C@@H]2[C@@H]([C@H]3C=C[C@@H]2C3)[C@@]1(F)C(F)(F)F. The van der Waals surface area contributed by atoms with Gasteiger partial charge in [-0.2, -0.15) is 31.4 Å². The Morgan fingerprint density at radius 3 is 2.24 bits per heavy atom. The van der Waals surface area contributed by atoms with E-state index in [1.807, 2.05) is 0 Å². The van der Waals surface area contributed by atoms with E-state index in [4.69, 9.17) is 11.6 Å². The van der Waals surface area contributed by atoms with Crippen LogP contribution >= 0.6 is 11.6 Å². The van der Waals surface area contributed by atoms with Gasteiger partial charge in [0.2, 0.25) is 5.17 Å². The van der Waals surface area contributed by atoms with Crippen LogP contribution in [0.5, 0.6) is 0 Å². The van der Waals surface area contributed by atoms with Crippen molar-refractivity contribution in [1.29, 1.82) is 0 Å². The van der Waals surface area contributed by atoms with Gasteiger partial charge in [-0.3, -0.25) is 0 Å². The highest BCUT2D eigenvalue weighted by atomic mass is 35.5. The summed E-state index contributed by atoms with van der Waals surface area (Å²) in [5, 5.41) is 0.530. The molecule has 3 aliphatic rings. The number of fused-ring (bicyclic) bond motifs is 5. The molecule has 1 saturated carbocycles. The van der Waals surface area contributed by atoms with Crippen LogP contribution < -0.4 is 0 Å². The third kappa shape index (κ3) is 1.82. The predicted molar refractivity (Wildman–Crippen MR) is 59.1 cm³/mol. The maximum absolute atomic E-state index is 14.5. The van der Waals surface area contributed by atoms with Crippen molar-refractivity contribution >= 4 is 16.8 Å². The summed E-state index contributed by atoms with van der Waals surface area (Å²) >= 11 is 4.87. The van der Waals surface area contributed by atoms with Crippen LogP contribution in [0, 0.1) is 17.8 Å². The summed E-state index contributed by atoms with van der Waals surface area (Å²) in [5.74, 6) is -6.42. The second-order valence-corrected chi connectivity index (χ2v) is 5.73. The average Bonchev–Trinajstić information content (AvgIpc) is 2.90. The Morgan fingerprint density at radius 2 is 1.71 bits per heavy atom. The van der Waals surface area contributed by atoms with Gasteiger partial charge in [0, 0.05) is 5.92 Å². The Bertz CT molecular complexity index is 526. The average molecular weight is 337 g/mol. The lowest BCUT2D eigenvalue weighted by Crippen LogP contribution is -2.76. The fourth-order valence-electron chi connectivity index (χ4n) is 3.54. The van der Waals surface area contributed by atoms with E-state index in [2.05, 4.69) is 5.10 Å². The van der Waals surface area contributed by atoms with E-state index < -0.39 is 47.1 Å². The Morgan fingerprint density at radius 1 is 1.14 bits per heavy atom. The minimum absolute atomic E-state index is 0.151. The molecule has 0 radical (unpaired) electrons. The molecule has 10 heteroatoms. The lowest BCUT2D eigenvalue weighted by Gasteiger charge is -2.58. The molecule has 118 valence electrons. The summed E-state index contributed by atoms with van der Waals surface area (Å²) in [6.45, 7) is 0. The summed E-state index contributed by atoms with van der Waals surface area (Å²) < 4.78 is 90.5. The van der Waals surface area contributed by atoms with E-state index in [-0.39, 0.29) is 11.4 Å². The van der Waals surface area contributed by atoms with Crippen molar-refractivity contribution < 1.29 is 30.7 Å². The second kappa shape index (κ2) is 4.05. The zero-order valence-corrected chi connectivity index (χ0v) is 10.8. The molecule has 1 aliphatic heterocycles. The largest absolute Gasteiger partial charge is 0.446 e. The Labute approximate surface area is 119 Å². The molecule has 2 nitrogen and oxygen atoms in total. The van der Waals surface area contributed by atoms with Gasteiger partial charge < -0.3 is 0 Å². The van der Waals surface area contributed by atoms with Crippen molar-refractivity contribution in [2.45, 2.75) is 30.6 Å². The minimum Gasteiger partial charge on any atom is -0.247 e. The molecule has 2 aliphatic carbocycles. The molecule has 0 N–H and O–H groups in total. The molecule has 2 bridgehead atoms. The van der Waals surface area contributed by atoms with E-state index in [9.17, 15) is 30.7 Å². The molecule has 0 spiro atoms. The number of hydrazone groups is 1. The molecule has 5 atom stereocenters. The fraction of sp³-hybridized carbons (Fsp3) is 0.727. The number of rotatable bonds is 1. The first-order valence-corrected chi connectivity index (χ1v) is 6.40. The molecule has 3 rings (SSSR count). The molecule has 1 saturated heterocycles. The van der Waals surface area contributed by atoms with Gasteiger partial charge in [0.05, 0.1) is 12.0 Å². The first-order valence-electron chi connectivity index (χ1n) is 6.02. The third-order valence-electron chi connectivity index (χ3n) is 4.30.